The van der Waals surface area contributed by atoms with Gasteiger partial charge in [-0.05, 0) is 49.6 Å². The normalized spacial score (nSPS) is 19.9. The van der Waals surface area contributed by atoms with Crippen molar-refractivity contribution in [1.82, 2.24) is 19.9 Å². The maximum Gasteiger partial charge on any atom is 0.141 e. The summed E-state index contributed by atoms with van der Waals surface area (Å²) in [5.74, 6) is 0. The summed E-state index contributed by atoms with van der Waals surface area (Å²) in [6.45, 7) is 4.51. The number of aromatic nitrogens is 3. The number of nitriles is 1. The fraction of sp³-hybridized carbons (Fsp3) is 0.292. The molecule has 150 valence electrons. The maximum atomic E-state index is 10.3. The van der Waals surface area contributed by atoms with Crippen molar-refractivity contribution in [2.45, 2.75) is 31.9 Å². The third-order valence-electron chi connectivity index (χ3n) is 5.90. The molecule has 0 amide bonds. The van der Waals surface area contributed by atoms with Crippen LogP contribution in [0.3, 0.4) is 0 Å². The molecule has 0 saturated carbocycles. The fourth-order valence-corrected chi connectivity index (χ4v) is 4.41. The lowest BCUT2D eigenvalue weighted by molar-refractivity contribution is -0.0181. The monoisotopic (exact) mass is 397 g/mol. The van der Waals surface area contributed by atoms with Gasteiger partial charge in [-0.15, -0.1) is 0 Å². The highest BCUT2D eigenvalue weighted by atomic mass is 16.3. The quantitative estimate of drug-likeness (QED) is 0.545. The van der Waals surface area contributed by atoms with Crippen molar-refractivity contribution in [3.8, 4) is 17.2 Å². The molecule has 6 heteroatoms. The number of aromatic amines is 1. The Bertz CT molecular complexity index is 1270. The Morgan fingerprint density at radius 1 is 1.13 bits per heavy atom. The van der Waals surface area contributed by atoms with Crippen LogP contribution in [0.2, 0.25) is 0 Å². The van der Waals surface area contributed by atoms with Crippen LogP contribution >= 0.6 is 0 Å². The topological polar surface area (TPSA) is 88.8 Å². The molecule has 0 spiro atoms. The molecule has 1 unspecified atom stereocenters. The molecule has 1 aliphatic rings. The van der Waals surface area contributed by atoms with E-state index >= 15 is 0 Å². The Morgan fingerprint density at radius 3 is 2.73 bits per heavy atom. The molecule has 1 saturated heterocycles. The number of nitrogens with zero attached hydrogens (tertiary/aromatic N) is 4. The minimum absolute atomic E-state index is 0.398. The van der Waals surface area contributed by atoms with E-state index in [-0.39, 0.29) is 0 Å². The van der Waals surface area contributed by atoms with E-state index in [9.17, 15) is 5.11 Å². The highest BCUT2D eigenvalue weighted by Crippen LogP contribution is 2.29. The highest BCUT2D eigenvalue weighted by Gasteiger charge is 2.28. The van der Waals surface area contributed by atoms with Crippen molar-refractivity contribution in [3.05, 3.63) is 60.0 Å². The zero-order valence-electron chi connectivity index (χ0n) is 16.9. The van der Waals surface area contributed by atoms with Crippen LogP contribution in [0.5, 0.6) is 0 Å². The predicted octanol–water partition coefficient (Wildman–Crippen LogP) is 4.00. The third kappa shape index (κ3) is 3.54. The Morgan fingerprint density at radius 2 is 1.97 bits per heavy atom. The number of piperidine rings is 1. The Hall–Kier alpha value is -3.27. The number of hydrogen-bond donors (Lipinski definition) is 2. The molecule has 4 heterocycles. The molecule has 0 bridgehead atoms. The van der Waals surface area contributed by atoms with Gasteiger partial charge in [0.1, 0.15) is 17.4 Å². The van der Waals surface area contributed by atoms with Gasteiger partial charge in [-0.3, -0.25) is 4.90 Å². The van der Waals surface area contributed by atoms with Crippen LogP contribution in [0.4, 0.5) is 0 Å². The Balaban J connectivity index is 1.42. The summed E-state index contributed by atoms with van der Waals surface area (Å²) < 4.78 is 0. The summed E-state index contributed by atoms with van der Waals surface area (Å²) in [6.07, 6.45) is 5.46. The Kier molecular flexibility index (Phi) is 4.50. The number of H-pyrrole nitrogens is 1. The standard InChI is InChI=1S/C24H23N5O/c1-24(30)7-2-8-29(15-24)14-16-3-5-17(6-4-16)18-9-21-20-10-19(11-25)26-13-22(20)28-23(21)27-12-18/h3-6,9-10,12-13,30H,2,7-8,14-15H2,1H3,(H,27,28). The molecular formula is C24H23N5O. The number of hydrogen-bond acceptors (Lipinski definition) is 5. The number of benzene rings is 1. The van der Waals surface area contributed by atoms with Crippen LogP contribution in [0.1, 0.15) is 31.0 Å². The molecule has 1 fully saturated rings. The summed E-state index contributed by atoms with van der Waals surface area (Å²) in [5, 5.41) is 21.4. The molecule has 2 N–H and O–H groups in total. The smallest absolute Gasteiger partial charge is 0.141 e. The van der Waals surface area contributed by atoms with Gasteiger partial charge in [0.15, 0.2) is 0 Å². The van der Waals surface area contributed by atoms with Crippen molar-refractivity contribution in [2.75, 3.05) is 13.1 Å². The molecule has 0 radical (unpaired) electrons. The number of nitrogens with one attached hydrogen (secondary N) is 1. The van der Waals surface area contributed by atoms with Gasteiger partial charge in [-0.1, -0.05) is 24.3 Å². The van der Waals surface area contributed by atoms with Gasteiger partial charge in [0.25, 0.3) is 0 Å². The minimum atomic E-state index is -0.584. The first-order valence-electron chi connectivity index (χ1n) is 10.2. The first kappa shape index (κ1) is 18.7. The van der Waals surface area contributed by atoms with Crippen molar-refractivity contribution in [1.29, 1.82) is 5.26 Å². The molecule has 1 aromatic carbocycles. The van der Waals surface area contributed by atoms with Crippen molar-refractivity contribution < 1.29 is 5.11 Å². The summed E-state index contributed by atoms with van der Waals surface area (Å²) in [6, 6.07) is 14.6. The number of aliphatic hydroxyl groups is 1. The lowest BCUT2D eigenvalue weighted by Crippen LogP contribution is -2.45. The van der Waals surface area contributed by atoms with Gasteiger partial charge in [0.2, 0.25) is 0 Å². The van der Waals surface area contributed by atoms with Gasteiger partial charge in [-0.25, -0.2) is 9.97 Å². The SMILES string of the molecule is CC1(O)CCCN(Cc2ccc(-c3cnc4[nH]c5cnc(C#N)cc5c4c3)cc2)C1. The zero-order chi connectivity index (χ0) is 20.7. The van der Waals surface area contributed by atoms with E-state index in [2.05, 4.69) is 56.3 Å². The van der Waals surface area contributed by atoms with Gasteiger partial charge < -0.3 is 10.1 Å². The predicted molar refractivity (Wildman–Crippen MR) is 117 cm³/mol. The molecular weight excluding hydrogens is 374 g/mol. The summed E-state index contributed by atoms with van der Waals surface area (Å²) in [5.41, 5.74) is 4.85. The van der Waals surface area contributed by atoms with Crippen molar-refractivity contribution in [2.24, 2.45) is 0 Å². The molecule has 4 aromatic rings. The van der Waals surface area contributed by atoms with Crippen molar-refractivity contribution in [3.63, 3.8) is 0 Å². The van der Waals surface area contributed by atoms with Crippen LogP contribution < -0.4 is 0 Å². The molecule has 3 aromatic heterocycles. The second kappa shape index (κ2) is 7.21. The number of fused-ring (bicyclic) bond motifs is 3. The first-order valence-corrected chi connectivity index (χ1v) is 10.2. The number of likely N-dealkylation sites (tertiary alicyclic amines) is 1. The van der Waals surface area contributed by atoms with Gasteiger partial charge in [0.05, 0.1) is 17.3 Å². The van der Waals surface area contributed by atoms with Crippen LogP contribution in [-0.4, -0.2) is 43.6 Å². The van der Waals surface area contributed by atoms with Gasteiger partial charge >= 0.3 is 0 Å². The number of rotatable bonds is 3. The third-order valence-corrected chi connectivity index (χ3v) is 5.90. The molecule has 30 heavy (non-hydrogen) atoms. The van der Waals surface area contributed by atoms with Crippen LogP contribution in [0.25, 0.3) is 33.1 Å². The Labute approximate surface area is 174 Å². The second-order valence-corrected chi connectivity index (χ2v) is 8.48. The molecule has 1 aliphatic heterocycles. The molecule has 6 nitrogen and oxygen atoms in total. The molecule has 1 atom stereocenters. The van der Waals surface area contributed by atoms with E-state index in [1.54, 1.807) is 12.3 Å². The van der Waals surface area contributed by atoms with Gasteiger partial charge in [-0.2, -0.15) is 5.26 Å². The van der Waals surface area contributed by atoms with E-state index < -0.39 is 5.60 Å². The minimum Gasteiger partial charge on any atom is -0.389 e. The molecule has 0 aliphatic carbocycles. The van der Waals surface area contributed by atoms with Gasteiger partial charge in [0, 0.05) is 35.6 Å². The largest absolute Gasteiger partial charge is 0.389 e. The second-order valence-electron chi connectivity index (χ2n) is 8.48. The maximum absolute atomic E-state index is 10.3. The first-order chi connectivity index (χ1) is 14.5. The molecule has 5 rings (SSSR count). The zero-order valence-corrected chi connectivity index (χ0v) is 16.9. The van der Waals surface area contributed by atoms with E-state index in [4.69, 9.17) is 5.26 Å². The lowest BCUT2D eigenvalue weighted by Gasteiger charge is -2.36. The number of β-amino-alcohol motifs (C(OH)–C–C–N with tert-alkyl or cyclic N) is 1. The van der Waals surface area contributed by atoms with Crippen LogP contribution in [-0.2, 0) is 6.54 Å². The van der Waals surface area contributed by atoms with E-state index in [1.165, 1.54) is 5.56 Å². The van der Waals surface area contributed by atoms with Crippen LogP contribution in [0.15, 0.2) is 48.8 Å². The van der Waals surface area contributed by atoms with E-state index in [0.29, 0.717) is 5.69 Å². The van der Waals surface area contributed by atoms with E-state index in [1.807, 2.05) is 13.1 Å². The average molecular weight is 397 g/mol. The highest BCUT2D eigenvalue weighted by molar-refractivity contribution is 6.06. The average Bonchev–Trinajstić information content (AvgIpc) is 3.10. The van der Waals surface area contributed by atoms with Crippen molar-refractivity contribution >= 4 is 21.9 Å². The summed E-state index contributed by atoms with van der Waals surface area (Å²) in [4.78, 5) is 14.3. The number of pyridine rings is 2. The summed E-state index contributed by atoms with van der Waals surface area (Å²) in [7, 11) is 0. The van der Waals surface area contributed by atoms with E-state index in [0.717, 1.165) is 65.5 Å². The lowest BCUT2D eigenvalue weighted by atomic mass is 9.94. The fourth-order valence-electron chi connectivity index (χ4n) is 4.41. The van der Waals surface area contributed by atoms with Crippen LogP contribution in [0, 0.1) is 11.3 Å². The summed E-state index contributed by atoms with van der Waals surface area (Å²) >= 11 is 0.